The predicted molar refractivity (Wildman–Crippen MR) is 87.7 cm³/mol. The van der Waals surface area contributed by atoms with Gasteiger partial charge in [-0.05, 0) is 24.6 Å². The van der Waals surface area contributed by atoms with Crippen LogP contribution in [0.3, 0.4) is 0 Å². The van der Waals surface area contributed by atoms with Gasteiger partial charge < -0.3 is 5.32 Å². The van der Waals surface area contributed by atoms with Crippen LogP contribution in [-0.4, -0.2) is 19.7 Å². The van der Waals surface area contributed by atoms with Crippen LogP contribution in [0.4, 0.5) is 5.95 Å². The maximum atomic E-state index is 12.1. The zero-order chi connectivity index (χ0) is 15.9. The average Bonchev–Trinajstić information content (AvgIpc) is 2.75. The first-order valence-corrected chi connectivity index (χ1v) is 7.32. The van der Waals surface area contributed by atoms with E-state index in [0.717, 1.165) is 5.56 Å². The molecule has 0 amide bonds. The fourth-order valence-electron chi connectivity index (χ4n) is 2.26. The number of aromatic nitrogens is 4. The molecule has 3 aromatic rings. The Morgan fingerprint density at radius 2 is 2.09 bits per heavy atom. The largest absolute Gasteiger partial charge is 0.352 e. The molecule has 0 bridgehead atoms. The lowest BCUT2D eigenvalue weighted by Crippen LogP contribution is -2.15. The Morgan fingerprint density at radius 3 is 2.82 bits per heavy atom. The van der Waals surface area contributed by atoms with Crippen LogP contribution < -0.4 is 10.9 Å². The molecule has 0 aliphatic rings. The molecule has 2 heterocycles. The van der Waals surface area contributed by atoms with Crippen molar-refractivity contribution in [3.8, 4) is 0 Å². The molecule has 0 aliphatic heterocycles. The van der Waals surface area contributed by atoms with E-state index >= 15 is 0 Å². The highest BCUT2D eigenvalue weighted by molar-refractivity contribution is 6.42. The second-order valence-corrected chi connectivity index (χ2v) is 5.74. The van der Waals surface area contributed by atoms with Gasteiger partial charge in [-0.25, -0.2) is 4.98 Å². The molecule has 22 heavy (non-hydrogen) atoms. The lowest BCUT2D eigenvalue weighted by Gasteiger charge is -2.06. The number of nitrogens with one attached hydrogen (secondary N) is 2. The van der Waals surface area contributed by atoms with Gasteiger partial charge in [0.2, 0.25) is 5.95 Å². The van der Waals surface area contributed by atoms with Gasteiger partial charge in [0.1, 0.15) is 5.52 Å². The van der Waals surface area contributed by atoms with Gasteiger partial charge >= 0.3 is 0 Å². The molecular formula is C14H13Cl2N5O. The number of anilines is 1. The van der Waals surface area contributed by atoms with E-state index in [9.17, 15) is 4.79 Å². The van der Waals surface area contributed by atoms with E-state index in [1.165, 1.54) is 4.68 Å². The Balaban J connectivity index is 1.89. The maximum Gasteiger partial charge on any atom is 0.278 e. The van der Waals surface area contributed by atoms with E-state index < -0.39 is 0 Å². The number of H-pyrrole nitrogens is 1. The SMILES string of the molecule is Cc1nn(C)c2c(=O)[nH]c(NCc3ccc(Cl)c(Cl)c3)nc12. The molecule has 0 fully saturated rings. The highest BCUT2D eigenvalue weighted by Gasteiger charge is 2.12. The topological polar surface area (TPSA) is 75.6 Å². The van der Waals surface area contributed by atoms with E-state index in [2.05, 4.69) is 20.4 Å². The van der Waals surface area contributed by atoms with E-state index in [-0.39, 0.29) is 5.56 Å². The van der Waals surface area contributed by atoms with Crippen molar-refractivity contribution in [1.29, 1.82) is 0 Å². The molecule has 0 unspecified atom stereocenters. The summed E-state index contributed by atoms with van der Waals surface area (Å²) in [6.45, 7) is 2.28. The van der Waals surface area contributed by atoms with Crippen LogP contribution in [0, 0.1) is 6.92 Å². The second kappa shape index (κ2) is 5.62. The Hall–Kier alpha value is -2.05. The van der Waals surface area contributed by atoms with Crippen LogP contribution in [0.5, 0.6) is 0 Å². The Bertz CT molecular complexity index is 915. The molecule has 0 spiro atoms. The van der Waals surface area contributed by atoms with Gasteiger partial charge in [-0.1, -0.05) is 29.3 Å². The van der Waals surface area contributed by atoms with E-state index in [1.54, 1.807) is 19.2 Å². The summed E-state index contributed by atoms with van der Waals surface area (Å²) in [6, 6.07) is 5.35. The molecule has 0 atom stereocenters. The number of fused-ring (bicyclic) bond motifs is 1. The monoisotopic (exact) mass is 337 g/mol. The molecule has 6 nitrogen and oxygen atoms in total. The highest BCUT2D eigenvalue weighted by atomic mass is 35.5. The van der Waals surface area contributed by atoms with Crippen molar-refractivity contribution in [1.82, 2.24) is 19.7 Å². The predicted octanol–water partition coefficient (Wildman–Crippen LogP) is 2.88. The van der Waals surface area contributed by atoms with Crippen LogP contribution in [0.1, 0.15) is 11.3 Å². The lowest BCUT2D eigenvalue weighted by molar-refractivity contribution is 0.779. The number of hydrogen-bond acceptors (Lipinski definition) is 4. The standard InChI is InChI=1S/C14H13Cl2N5O/c1-7-11-12(21(2)20-7)13(22)19-14(18-11)17-6-8-3-4-9(15)10(16)5-8/h3-5H,6H2,1-2H3,(H2,17,18,19,22). The van der Waals surface area contributed by atoms with Crippen molar-refractivity contribution in [3.63, 3.8) is 0 Å². The summed E-state index contributed by atoms with van der Waals surface area (Å²) < 4.78 is 1.53. The molecule has 2 aromatic heterocycles. The Kier molecular flexibility index (Phi) is 3.80. The summed E-state index contributed by atoms with van der Waals surface area (Å²) in [5.74, 6) is 0.389. The Morgan fingerprint density at radius 1 is 1.32 bits per heavy atom. The van der Waals surface area contributed by atoms with Gasteiger partial charge in [-0.15, -0.1) is 0 Å². The summed E-state index contributed by atoms with van der Waals surface area (Å²) in [4.78, 5) is 19.2. The van der Waals surface area contributed by atoms with Crippen molar-refractivity contribution in [2.75, 3.05) is 5.32 Å². The fourth-order valence-corrected chi connectivity index (χ4v) is 2.58. The Labute approximate surface area is 136 Å². The third kappa shape index (κ3) is 2.67. The molecule has 0 aliphatic carbocycles. The molecule has 3 rings (SSSR count). The number of rotatable bonds is 3. The first-order valence-electron chi connectivity index (χ1n) is 6.57. The van der Waals surface area contributed by atoms with Crippen molar-refractivity contribution >= 4 is 40.2 Å². The maximum absolute atomic E-state index is 12.1. The number of aromatic amines is 1. The van der Waals surface area contributed by atoms with Crippen LogP contribution in [-0.2, 0) is 13.6 Å². The van der Waals surface area contributed by atoms with Crippen LogP contribution in [0.25, 0.3) is 11.0 Å². The molecule has 0 saturated heterocycles. The molecule has 1 aromatic carbocycles. The van der Waals surface area contributed by atoms with Gasteiger partial charge in [0, 0.05) is 13.6 Å². The molecule has 0 saturated carbocycles. The van der Waals surface area contributed by atoms with Crippen molar-refractivity contribution in [2.45, 2.75) is 13.5 Å². The van der Waals surface area contributed by atoms with Crippen LogP contribution >= 0.6 is 23.2 Å². The molecule has 8 heteroatoms. The van der Waals surface area contributed by atoms with E-state index in [1.807, 2.05) is 13.0 Å². The number of halogens is 2. The van der Waals surface area contributed by atoms with Crippen LogP contribution in [0.15, 0.2) is 23.0 Å². The smallest absolute Gasteiger partial charge is 0.278 e. The second-order valence-electron chi connectivity index (χ2n) is 4.92. The van der Waals surface area contributed by atoms with Gasteiger partial charge in [0.05, 0.1) is 15.7 Å². The average molecular weight is 338 g/mol. The highest BCUT2D eigenvalue weighted by Crippen LogP contribution is 2.23. The zero-order valence-corrected chi connectivity index (χ0v) is 13.5. The lowest BCUT2D eigenvalue weighted by atomic mass is 10.2. The summed E-state index contributed by atoms with van der Waals surface area (Å²) in [7, 11) is 1.72. The summed E-state index contributed by atoms with van der Waals surface area (Å²) in [6.07, 6.45) is 0. The summed E-state index contributed by atoms with van der Waals surface area (Å²) in [5, 5.41) is 8.27. The van der Waals surface area contributed by atoms with Gasteiger partial charge in [0.15, 0.2) is 5.52 Å². The minimum absolute atomic E-state index is 0.232. The molecule has 0 radical (unpaired) electrons. The van der Waals surface area contributed by atoms with Crippen LogP contribution in [0.2, 0.25) is 10.0 Å². The normalized spacial score (nSPS) is 11.1. The molecule has 114 valence electrons. The first kappa shape index (κ1) is 14.9. The van der Waals surface area contributed by atoms with E-state index in [0.29, 0.717) is 39.3 Å². The number of nitrogens with zero attached hydrogens (tertiary/aromatic N) is 3. The molecular weight excluding hydrogens is 325 g/mol. The minimum atomic E-state index is -0.232. The minimum Gasteiger partial charge on any atom is -0.352 e. The van der Waals surface area contributed by atoms with E-state index in [4.69, 9.17) is 23.2 Å². The van der Waals surface area contributed by atoms with Gasteiger partial charge in [-0.3, -0.25) is 14.5 Å². The van der Waals surface area contributed by atoms with Crippen molar-refractivity contribution in [3.05, 3.63) is 49.9 Å². The van der Waals surface area contributed by atoms with Crippen molar-refractivity contribution in [2.24, 2.45) is 7.05 Å². The fraction of sp³-hybridized carbons (Fsp3) is 0.214. The quantitative estimate of drug-likeness (QED) is 0.770. The zero-order valence-electron chi connectivity index (χ0n) is 11.9. The number of aryl methyl sites for hydroxylation is 2. The third-order valence-electron chi connectivity index (χ3n) is 3.31. The van der Waals surface area contributed by atoms with Crippen molar-refractivity contribution < 1.29 is 0 Å². The third-order valence-corrected chi connectivity index (χ3v) is 4.04. The summed E-state index contributed by atoms with van der Waals surface area (Å²) >= 11 is 11.9. The van der Waals surface area contributed by atoms with Gasteiger partial charge in [-0.2, -0.15) is 5.10 Å². The first-order chi connectivity index (χ1) is 10.5. The number of hydrogen-bond donors (Lipinski definition) is 2. The molecule has 2 N–H and O–H groups in total. The summed E-state index contributed by atoms with van der Waals surface area (Å²) in [5.41, 5.74) is 2.45. The van der Waals surface area contributed by atoms with Gasteiger partial charge in [0.25, 0.3) is 5.56 Å². The number of benzene rings is 1.